The molecular formula is C13H20ClN3O3S2. The first kappa shape index (κ1) is 17.7. The van der Waals surface area contributed by atoms with E-state index in [9.17, 15) is 13.2 Å². The third-order valence-electron chi connectivity index (χ3n) is 3.80. The molecule has 2 rings (SSSR count). The van der Waals surface area contributed by atoms with Gasteiger partial charge in [0.2, 0.25) is 5.91 Å². The van der Waals surface area contributed by atoms with E-state index in [0.717, 1.165) is 24.2 Å². The molecule has 1 aromatic rings. The number of nitrogens with two attached hydrogens (primary N) is 1. The van der Waals surface area contributed by atoms with Crippen molar-refractivity contribution in [3.05, 3.63) is 16.5 Å². The van der Waals surface area contributed by atoms with Gasteiger partial charge < -0.3 is 10.6 Å². The highest BCUT2D eigenvalue weighted by Gasteiger charge is 2.29. The fourth-order valence-corrected chi connectivity index (χ4v) is 5.08. The third-order valence-corrected chi connectivity index (χ3v) is 6.92. The molecule has 1 aromatic heterocycles. The second-order valence-corrected chi connectivity index (χ2v) is 9.20. The number of nitrogens with one attached hydrogen (secondary N) is 1. The van der Waals surface area contributed by atoms with Gasteiger partial charge in [0.25, 0.3) is 10.0 Å². The van der Waals surface area contributed by atoms with Gasteiger partial charge in [0.15, 0.2) is 0 Å². The minimum Gasteiger partial charge on any atom is -0.337 e. The van der Waals surface area contributed by atoms with Crippen molar-refractivity contribution < 1.29 is 13.2 Å². The minimum absolute atomic E-state index is 0.0167. The van der Waals surface area contributed by atoms with E-state index in [4.69, 9.17) is 17.3 Å². The molecular weight excluding hydrogens is 346 g/mol. The van der Waals surface area contributed by atoms with Crippen LogP contribution in [0.5, 0.6) is 0 Å². The first-order valence-corrected chi connectivity index (χ1v) is 9.75. The first-order chi connectivity index (χ1) is 10.3. The smallest absolute Gasteiger partial charge is 0.250 e. The van der Waals surface area contributed by atoms with E-state index in [1.165, 1.54) is 12.1 Å². The largest absolute Gasteiger partial charge is 0.337 e. The Balaban J connectivity index is 1.97. The summed E-state index contributed by atoms with van der Waals surface area (Å²) in [5.41, 5.74) is 5.72. The van der Waals surface area contributed by atoms with Gasteiger partial charge in [-0.15, -0.1) is 11.3 Å². The summed E-state index contributed by atoms with van der Waals surface area (Å²) < 4.78 is 27.0. The summed E-state index contributed by atoms with van der Waals surface area (Å²) in [6.07, 6.45) is 1.77. The molecule has 6 nitrogen and oxygen atoms in total. The Labute approximate surface area is 139 Å². The van der Waals surface area contributed by atoms with Crippen LogP contribution in [0.2, 0.25) is 4.34 Å². The third kappa shape index (κ3) is 4.20. The number of piperidine rings is 1. The minimum atomic E-state index is -3.70. The number of halogens is 1. The first-order valence-electron chi connectivity index (χ1n) is 7.08. The van der Waals surface area contributed by atoms with Crippen LogP contribution in [0.3, 0.4) is 0 Å². The van der Waals surface area contributed by atoms with E-state index in [0.29, 0.717) is 23.3 Å². The molecule has 2 atom stereocenters. The Kier molecular flexibility index (Phi) is 5.84. The van der Waals surface area contributed by atoms with Crippen molar-refractivity contribution >= 4 is 38.9 Å². The van der Waals surface area contributed by atoms with Gasteiger partial charge in [-0.2, -0.15) is 0 Å². The lowest BCUT2D eigenvalue weighted by Gasteiger charge is -2.38. The molecule has 0 radical (unpaired) electrons. The lowest BCUT2D eigenvalue weighted by Crippen LogP contribution is -2.52. The highest BCUT2D eigenvalue weighted by molar-refractivity contribution is 7.91. The van der Waals surface area contributed by atoms with Crippen molar-refractivity contribution in [2.75, 3.05) is 19.6 Å². The van der Waals surface area contributed by atoms with Crippen molar-refractivity contribution in [2.24, 2.45) is 11.7 Å². The Hall–Kier alpha value is -0.670. The Bertz CT molecular complexity index is 632. The Morgan fingerprint density at radius 1 is 1.55 bits per heavy atom. The molecule has 2 heterocycles. The van der Waals surface area contributed by atoms with Gasteiger partial charge in [0, 0.05) is 19.1 Å². The zero-order valence-electron chi connectivity index (χ0n) is 12.3. The molecule has 0 aliphatic carbocycles. The molecule has 0 aromatic carbocycles. The van der Waals surface area contributed by atoms with Crippen LogP contribution in [0.25, 0.3) is 0 Å². The number of sulfonamides is 1. The number of hydrogen-bond acceptors (Lipinski definition) is 5. The summed E-state index contributed by atoms with van der Waals surface area (Å²) in [7, 11) is -3.70. The number of carbonyl (C=O) groups is 1. The molecule has 1 saturated heterocycles. The number of likely N-dealkylation sites (tertiary alicyclic amines) is 1. The standard InChI is InChI=1S/C13H20ClN3O3S2/c1-9-4-5-17(10(6-9)7-15)12(18)8-16-22(19,20)13-3-2-11(14)21-13/h2-3,9-10,16H,4-8,15H2,1H3. The van der Waals surface area contributed by atoms with E-state index in [1.807, 2.05) is 0 Å². The van der Waals surface area contributed by atoms with Crippen LogP contribution in [0.1, 0.15) is 19.8 Å². The summed E-state index contributed by atoms with van der Waals surface area (Å²) in [5, 5.41) is 0. The van der Waals surface area contributed by atoms with Gasteiger partial charge in [-0.25, -0.2) is 13.1 Å². The van der Waals surface area contributed by atoms with Crippen molar-refractivity contribution in [1.29, 1.82) is 0 Å². The molecule has 0 spiro atoms. The molecule has 3 N–H and O–H groups in total. The summed E-state index contributed by atoms with van der Waals surface area (Å²) in [4.78, 5) is 14.0. The van der Waals surface area contributed by atoms with Crippen molar-refractivity contribution in [1.82, 2.24) is 9.62 Å². The summed E-state index contributed by atoms with van der Waals surface area (Å²) in [6.45, 7) is 2.88. The second-order valence-electron chi connectivity index (χ2n) is 5.49. The van der Waals surface area contributed by atoms with E-state index in [1.54, 1.807) is 4.90 Å². The van der Waals surface area contributed by atoms with Gasteiger partial charge in [-0.1, -0.05) is 18.5 Å². The van der Waals surface area contributed by atoms with Crippen molar-refractivity contribution in [2.45, 2.75) is 30.0 Å². The summed E-state index contributed by atoms with van der Waals surface area (Å²) in [5.74, 6) is 0.288. The number of thiophene rings is 1. The molecule has 22 heavy (non-hydrogen) atoms. The molecule has 1 aliphatic heterocycles. The molecule has 0 bridgehead atoms. The lowest BCUT2D eigenvalue weighted by atomic mass is 9.92. The summed E-state index contributed by atoms with van der Waals surface area (Å²) >= 11 is 6.70. The monoisotopic (exact) mass is 365 g/mol. The van der Waals surface area contributed by atoms with Gasteiger partial charge in [-0.3, -0.25) is 4.79 Å². The van der Waals surface area contributed by atoms with Crippen LogP contribution >= 0.6 is 22.9 Å². The number of rotatable bonds is 5. The van der Waals surface area contributed by atoms with Gasteiger partial charge in [0.05, 0.1) is 10.9 Å². The number of carbonyl (C=O) groups excluding carboxylic acids is 1. The van der Waals surface area contributed by atoms with E-state index >= 15 is 0 Å². The SMILES string of the molecule is CC1CCN(C(=O)CNS(=O)(=O)c2ccc(Cl)s2)C(CN)C1. The van der Waals surface area contributed by atoms with Gasteiger partial charge >= 0.3 is 0 Å². The van der Waals surface area contributed by atoms with Gasteiger partial charge in [-0.05, 0) is 30.9 Å². The summed E-state index contributed by atoms with van der Waals surface area (Å²) in [6, 6.07) is 2.92. The van der Waals surface area contributed by atoms with E-state index in [2.05, 4.69) is 11.6 Å². The fourth-order valence-electron chi connectivity index (χ4n) is 2.57. The predicted molar refractivity (Wildman–Crippen MR) is 87.5 cm³/mol. The molecule has 2 unspecified atom stereocenters. The molecule has 0 saturated carbocycles. The Morgan fingerprint density at radius 2 is 2.27 bits per heavy atom. The fraction of sp³-hybridized carbons (Fsp3) is 0.615. The molecule has 124 valence electrons. The number of amides is 1. The van der Waals surface area contributed by atoms with Crippen LogP contribution in [-0.2, 0) is 14.8 Å². The second kappa shape index (κ2) is 7.27. The molecule has 9 heteroatoms. The number of hydrogen-bond donors (Lipinski definition) is 2. The average Bonchev–Trinajstić information content (AvgIpc) is 2.92. The van der Waals surface area contributed by atoms with Crippen LogP contribution in [0.4, 0.5) is 0 Å². The van der Waals surface area contributed by atoms with Crippen LogP contribution < -0.4 is 10.5 Å². The van der Waals surface area contributed by atoms with Crippen molar-refractivity contribution in [3.8, 4) is 0 Å². The highest BCUT2D eigenvalue weighted by Crippen LogP contribution is 2.25. The van der Waals surface area contributed by atoms with Crippen molar-refractivity contribution in [3.63, 3.8) is 0 Å². The quantitative estimate of drug-likeness (QED) is 0.821. The molecule has 1 aliphatic rings. The van der Waals surface area contributed by atoms with Crippen LogP contribution in [0, 0.1) is 5.92 Å². The van der Waals surface area contributed by atoms with Crippen LogP contribution in [-0.4, -0.2) is 44.9 Å². The highest BCUT2D eigenvalue weighted by atomic mass is 35.5. The topological polar surface area (TPSA) is 92.5 Å². The maximum atomic E-state index is 12.3. The zero-order valence-corrected chi connectivity index (χ0v) is 14.7. The molecule has 1 fully saturated rings. The Morgan fingerprint density at radius 3 is 2.86 bits per heavy atom. The van der Waals surface area contributed by atoms with E-state index < -0.39 is 10.0 Å². The zero-order chi connectivity index (χ0) is 16.3. The predicted octanol–water partition coefficient (Wildman–Crippen LogP) is 1.27. The van der Waals surface area contributed by atoms with E-state index in [-0.39, 0.29) is 22.7 Å². The average molecular weight is 366 g/mol. The normalized spacial score (nSPS) is 22.8. The molecule has 1 amide bonds. The van der Waals surface area contributed by atoms with Crippen LogP contribution in [0.15, 0.2) is 16.3 Å². The van der Waals surface area contributed by atoms with Gasteiger partial charge in [0.1, 0.15) is 4.21 Å². The maximum Gasteiger partial charge on any atom is 0.250 e. The number of nitrogens with zero attached hydrogens (tertiary/aromatic N) is 1. The maximum absolute atomic E-state index is 12.3. The lowest BCUT2D eigenvalue weighted by molar-refractivity contribution is -0.133.